The minimum Gasteiger partial charge on any atom is -0.478 e. The molecule has 0 aromatic heterocycles. The summed E-state index contributed by atoms with van der Waals surface area (Å²) in [6.45, 7) is 0. The summed E-state index contributed by atoms with van der Waals surface area (Å²) in [6.07, 6.45) is -5.03. The second-order valence-corrected chi connectivity index (χ2v) is 2.84. The van der Waals surface area contributed by atoms with Crippen LogP contribution in [0.1, 0.15) is 26.3 Å². The van der Waals surface area contributed by atoms with Crippen molar-refractivity contribution < 1.29 is 33.0 Å². The van der Waals surface area contributed by atoms with Crippen LogP contribution in [0, 0.1) is 0 Å². The Bertz CT molecular complexity index is 418. The van der Waals surface area contributed by atoms with E-state index < -0.39 is 34.8 Å². The van der Waals surface area contributed by atoms with Crippen LogP contribution in [0.15, 0.2) is 18.2 Å². The molecule has 0 bridgehead atoms. The van der Waals surface area contributed by atoms with Gasteiger partial charge in [0.1, 0.15) is 0 Å². The van der Waals surface area contributed by atoms with Crippen molar-refractivity contribution in [1.82, 2.24) is 0 Å². The molecular formula is C9H5F3O4. The summed E-state index contributed by atoms with van der Waals surface area (Å²) in [4.78, 5) is 21.1. The maximum Gasteiger partial charge on any atom is 0.418 e. The van der Waals surface area contributed by atoms with Crippen LogP contribution in [0.2, 0.25) is 0 Å². The highest BCUT2D eigenvalue weighted by atomic mass is 19.4. The van der Waals surface area contributed by atoms with Crippen molar-refractivity contribution >= 4 is 11.9 Å². The van der Waals surface area contributed by atoms with E-state index in [9.17, 15) is 22.8 Å². The summed E-state index contributed by atoms with van der Waals surface area (Å²) in [5, 5.41) is 17.1. The molecule has 1 aromatic rings. The van der Waals surface area contributed by atoms with E-state index in [4.69, 9.17) is 10.2 Å². The standard InChI is InChI=1S/C9H5F3O4/c10-9(11,12)6-4(7(13)14)2-1-3-5(6)8(15)16/h1-3H,(H,13,14)(H,15,16). The van der Waals surface area contributed by atoms with Crippen LogP contribution in [0.5, 0.6) is 0 Å². The summed E-state index contributed by atoms with van der Waals surface area (Å²) < 4.78 is 37.5. The minimum absolute atomic E-state index is 0.706. The van der Waals surface area contributed by atoms with Crippen molar-refractivity contribution in [2.45, 2.75) is 6.18 Å². The van der Waals surface area contributed by atoms with Gasteiger partial charge in [0.15, 0.2) is 0 Å². The highest BCUT2D eigenvalue weighted by molar-refractivity contribution is 5.96. The third-order valence-corrected chi connectivity index (χ3v) is 1.81. The van der Waals surface area contributed by atoms with Gasteiger partial charge in [0, 0.05) is 0 Å². The fourth-order valence-electron chi connectivity index (χ4n) is 1.21. The average molecular weight is 234 g/mol. The third kappa shape index (κ3) is 2.13. The van der Waals surface area contributed by atoms with Gasteiger partial charge < -0.3 is 10.2 Å². The van der Waals surface area contributed by atoms with E-state index >= 15 is 0 Å². The lowest BCUT2D eigenvalue weighted by molar-refractivity contribution is -0.138. The van der Waals surface area contributed by atoms with E-state index in [1.54, 1.807) is 0 Å². The molecule has 0 aliphatic carbocycles. The van der Waals surface area contributed by atoms with Gasteiger partial charge in [-0.15, -0.1) is 0 Å². The Labute approximate surface area is 86.9 Å². The van der Waals surface area contributed by atoms with Gasteiger partial charge in [0.25, 0.3) is 0 Å². The molecule has 0 saturated heterocycles. The highest BCUT2D eigenvalue weighted by Crippen LogP contribution is 2.34. The lowest BCUT2D eigenvalue weighted by Crippen LogP contribution is -2.18. The maximum atomic E-state index is 12.5. The number of carboxylic acids is 2. The number of halogens is 3. The van der Waals surface area contributed by atoms with Gasteiger partial charge in [-0.3, -0.25) is 0 Å². The van der Waals surface area contributed by atoms with Crippen molar-refractivity contribution in [3.05, 3.63) is 34.9 Å². The zero-order valence-corrected chi connectivity index (χ0v) is 7.58. The van der Waals surface area contributed by atoms with E-state index in [-0.39, 0.29) is 0 Å². The topological polar surface area (TPSA) is 74.6 Å². The van der Waals surface area contributed by atoms with Gasteiger partial charge >= 0.3 is 18.1 Å². The van der Waals surface area contributed by atoms with E-state index in [1.807, 2.05) is 0 Å². The summed E-state index contributed by atoms with van der Waals surface area (Å²) in [7, 11) is 0. The minimum atomic E-state index is -5.03. The fourth-order valence-corrected chi connectivity index (χ4v) is 1.21. The molecule has 7 heteroatoms. The Balaban J connectivity index is 3.60. The van der Waals surface area contributed by atoms with Crippen LogP contribution in [-0.2, 0) is 6.18 Å². The van der Waals surface area contributed by atoms with Crippen LogP contribution in [0.3, 0.4) is 0 Å². The smallest absolute Gasteiger partial charge is 0.418 e. The van der Waals surface area contributed by atoms with Crippen LogP contribution in [0.25, 0.3) is 0 Å². The molecule has 0 heterocycles. The molecular weight excluding hydrogens is 229 g/mol. The zero-order chi connectivity index (χ0) is 12.5. The summed E-state index contributed by atoms with van der Waals surface area (Å²) in [5.74, 6) is -3.65. The van der Waals surface area contributed by atoms with E-state index in [0.29, 0.717) is 12.1 Å². The van der Waals surface area contributed by atoms with Crippen LogP contribution < -0.4 is 0 Å². The summed E-state index contributed by atoms with van der Waals surface area (Å²) in [5.41, 5.74) is -3.80. The largest absolute Gasteiger partial charge is 0.478 e. The average Bonchev–Trinajstić information content (AvgIpc) is 2.15. The first kappa shape index (κ1) is 12.0. The molecule has 0 aliphatic heterocycles. The molecule has 0 aliphatic rings. The number of hydrogen-bond acceptors (Lipinski definition) is 2. The number of alkyl halides is 3. The number of carboxylic acid groups (broad SMARTS) is 2. The molecule has 16 heavy (non-hydrogen) atoms. The summed E-state index contributed by atoms with van der Waals surface area (Å²) in [6, 6.07) is 2.36. The predicted molar refractivity (Wildman–Crippen MR) is 45.4 cm³/mol. The Morgan fingerprint density at radius 3 is 1.62 bits per heavy atom. The van der Waals surface area contributed by atoms with Gasteiger partial charge in [0.05, 0.1) is 16.7 Å². The lowest BCUT2D eigenvalue weighted by atomic mass is 10.0. The number of carbonyl (C=O) groups is 2. The third-order valence-electron chi connectivity index (χ3n) is 1.81. The van der Waals surface area contributed by atoms with Crippen LogP contribution >= 0.6 is 0 Å². The first-order valence-corrected chi connectivity index (χ1v) is 3.92. The Kier molecular flexibility index (Phi) is 2.88. The van der Waals surface area contributed by atoms with Gasteiger partial charge in [-0.25, -0.2) is 9.59 Å². The SMILES string of the molecule is O=C(O)c1cccc(C(=O)O)c1C(F)(F)F. The quantitative estimate of drug-likeness (QED) is 0.821. The predicted octanol–water partition coefficient (Wildman–Crippen LogP) is 2.10. The van der Waals surface area contributed by atoms with Crippen molar-refractivity contribution in [2.24, 2.45) is 0 Å². The number of benzene rings is 1. The molecule has 0 atom stereocenters. The van der Waals surface area contributed by atoms with Gasteiger partial charge in [-0.1, -0.05) is 6.07 Å². The zero-order valence-electron chi connectivity index (χ0n) is 7.58. The Hall–Kier alpha value is -2.05. The van der Waals surface area contributed by atoms with Crippen molar-refractivity contribution in [3.63, 3.8) is 0 Å². The molecule has 0 fully saturated rings. The van der Waals surface area contributed by atoms with Crippen LogP contribution in [0.4, 0.5) is 13.2 Å². The van der Waals surface area contributed by atoms with E-state index in [0.717, 1.165) is 6.07 Å². The first-order chi connectivity index (χ1) is 7.25. The summed E-state index contributed by atoms with van der Waals surface area (Å²) >= 11 is 0. The molecule has 0 amide bonds. The second-order valence-electron chi connectivity index (χ2n) is 2.84. The molecule has 0 radical (unpaired) electrons. The Morgan fingerprint density at radius 1 is 1.00 bits per heavy atom. The Morgan fingerprint density at radius 2 is 1.38 bits per heavy atom. The lowest BCUT2D eigenvalue weighted by Gasteiger charge is -2.12. The molecule has 0 unspecified atom stereocenters. The van der Waals surface area contributed by atoms with Crippen molar-refractivity contribution in [1.29, 1.82) is 0 Å². The van der Waals surface area contributed by atoms with Crippen LogP contribution in [-0.4, -0.2) is 22.2 Å². The molecule has 0 spiro atoms. The first-order valence-electron chi connectivity index (χ1n) is 3.92. The molecule has 4 nitrogen and oxygen atoms in total. The molecule has 0 saturated carbocycles. The second kappa shape index (κ2) is 3.84. The number of aromatic carboxylic acids is 2. The van der Waals surface area contributed by atoms with E-state index in [1.165, 1.54) is 0 Å². The number of rotatable bonds is 2. The maximum absolute atomic E-state index is 12.5. The molecule has 2 N–H and O–H groups in total. The molecule has 1 aromatic carbocycles. The fraction of sp³-hybridized carbons (Fsp3) is 0.111. The van der Waals surface area contributed by atoms with Gasteiger partial charge in [-0.05, 0) is 12.1 Å². The molecule has 86 valence electrons. The highest BCUT2D eigenvalue weighted by Gasteiger charge is 2.39. The molecule has 1 rings (SSSR count). The normalized spacial score (nSPS) is 11.2. The van der Waals surface area contributed by atoms with Crippen molar-refractivity contribution in [2.75, 3.05) is 0 Å². The van der Waals surface area contributed by atoms with E-state index in [2.05, 4.69) is 0 Å². The van der Waals surface area contributed by atoms with Gasteiger partial charge in [0.2, 0.25) is 0 Å². The number of hydrogen-bond donors (Lipinski definition) is 2. The monoisotopic (exact) mass is 234 g/mol. The van der Waals surface area contributed by atoms with Crippen molar-refractivity contribution in [3.8, 4) is 0 Å². The van der Waals surface area contributed by atoms with Gasteiger partial charge in [-0.2, -0.15) is 13.2 Å².